The lowest BCUT2D eigenvalue weighted by molar-refractivity contribution is 0.102. The van der Waals surface area contributed by atoms with Gasteiger partial charge in [-0.15, -0.1) is 0 Å². The van der Waals surface area contributed by atoms with E-state index in [2.05, 4.69) is 15.4 Å². The van der Waals surface area contributed by atoms with Crippen LogP contribution in [0, 0.1) is 0 Å². The van der Waals surface area contributed by atoms with Gasteiger partial charge in [-0.1, -0.05) is 48.5 Å². The average Bonchev–Trinajstić information content (AvgIpc) is 3.16. The zero-order chi connectivity index (χ0) is 19.2. The highest BCUT2D eigenvalue weighted by Gasteiger charge is 2.15. The van der Waals surface area contributed by atoms with Crippen LogP contribution in [0.5, 0.6) is 11.6 Å². The third-order valence-corrected chi connectivity index (χ3v) is 4.05. The summed E-state index contributed by atoms with van der Waals surface area (Å²) in [6.07, 6.45) is 5.00. The molecule has 0 aliphatic carbocycles. The van der Waals surface area contributed by atoms with Crippen molar-refractivity contribution in [2.45, 2.75) is 6.54 Å². The molecule has 4 aromatic rings. The third kappa shape index (κ3) is 4.24. The van der Waals surface area contributed by atoms with E-state index in [-0.39, 0.29) is 11.8 Å². The monoisotopic (exact) mass is 370 g/mol. The van der Waals surface area contributed by atoms with Crippen LogP contribution in [0.25, 0.3) is 0 Å². The Morgan fingerprint density at radius 2 is 1.71 bits per heavy atom. The molecule has 6 heteroatoms. The SMILES string of the molecule is O=C(Nc1cnn(Cc2ccccc2)c1)c1cccnc1Oc1ccccc1. The van der Waals surface area contributed by atoms with Gasteiger partial charge < -0.3 is 10.1 Å². The molecule has 1 amide bonds. The smallest absolute Gasteiger partial charge is 0.261 e. The maximum atomic E-state index is 12.7. The summed E-state index contributed by atoms with van der Waals surface area (Å²) in [5, 5.41) is 7.15. The number of amides is 1. The number of anilines is 1. The molecule has 0 saturated heterocycles. The van der Waals surface area contributed by atoms with Gasteiger partial charge >= 0.3 is 0 Å². The molecule has 6 nitrogen and oxygen atoms in total. The van der Waals surface area contributed by atoms with Gasteiger partial charge in [0, 0.05) is 12.4 Å². The molecular weight excluding hydrogens is 352 g/mol. The molecule has 28 heavy (non-hydrogen) atoms. The van der Waals surface area contributed by atoms with Crippen LogP contribution < -0.4 is 10.1 Å². The first-order valence-electron chi connectivity index (χ1n) is 8.83. The first kappa shape index (κ1) is 17.5. The van der Waals surface area contributed by atoms with Crippen LogP contribution in [0.4, 0.5) is 5.69 Å². The molecule has 0 spiro atoms. The lowest BCUT2D eigenvalue weighted by atomic mass is 10.2. The van der Waals surface area contributed by atoms with Gasteiger partial charge in [-0.2, -0.15) is 5.10 Å². The number of rotatable bonds is 6. The van der Waals surface area contributed by atoms with E-state index in [4.69, 9.17) is 4.74 Å². The van der Waals surface area contributed by atoms with E-state index >= 15 is 0 Å². The van der Waals surface area contributed by atoms with Crippen molar-refractivity contribution >= 4 is 11.6 Å². The Kier molecular flexibility index (Phi) is 5.11. The van der Waals surface area contributed by atoms with Crippen LogP contribution in [-0.4, -0.2) is 20.7 Å². The highest BCUT2D eigenvalue weighted by Crippen LogP contribution is 2.23. The predicted octanol–water partition coefficient (Wildman–Crippen LogP) is 4.37. The van der Waals surface area contributed by atoms with E-state index in [0.717, 1.165) is 5.56 Å². The number of ether oxygens (including phenoxy) is 1. The first-order chi connectivity index (χ1) is 13.8. The zero-order valence-electron chi connectivity index (χ0n) is 15.0. The Bertz CT molecular complexity index is 1060. The molecule has 138 valence electrons. The van der Waals surface area contributed by atoms with Crippen LogP contribution in [0.3, 0.4) is 0 Å². The Labute approximate surface area is 162 Å². The van der Waals surface area contributed by atoms with Crippen molar-refractivity contribution in [2.24, 2.45) is 0 Å². The van der Waals surface area contributed by atoms with Crippen molar-refractivity contribution in [1.29, 1.82) is 0 Å². The van der Waals surface area contributed by atoms with Crippen LogP contribution in [0.15, 0.2) is 91.4 Å². The zero-order valence-corrected chi connectivity index (χ0v) is 15.0. The number of para-hydroxylation sites is 1. The van der Waals surface area contributed by atoms with Crippen LogP contribution in [-0.2, 0) is 6.54 Å². The molecule has 0 aliphatic rings. The summed E-state index contributed by atoms with van der Waals surface area (Å²) in [5.41, 5.74) is 2.09. The molecule has 0 saturated carbocycles. The van der Waals surface area contributed by atoms with Gasteiger partial charge in [-0.25, -0.2) is 4.98 Å². The summed E-state index contributed by atoms with van der Waals surface area (Å²) in [7, 11) is 0. The predicted molar refractivity (Wildman–Crippen MR) is 106 cm³/mol. The molecule has 4 rings (SSSR count). The van der Waals surface area contributed by atoms with Crippen molar-refractivity contribution in [3.8, 4) is 11.6 Å². The number of benzene rings is 2. The van der Waals surface area contributed by atoms with Gasteiger partial charge in [0.1, 0.15) is 11.3 Å². The van der Waals surface area contributed by atoms with Gasteiger partial charge in [0.2, 0.25) is 5.88 Å². The Morgan fingerprint density at radius 3 is 2.50 bits per heavy atom. The fourth-order valence-electron chi connectivity index (χ4n) is 2.73. The lowest BCUT2D eigenvalue weighted by Gasteiger charge is -2.09. The average molecular weight is 370 g/mol. The van der Waals surface area contributed by atoms with E-state index in [1.165, 1.54) is 0 Å². The number of pyridine rings is 1. The van der Waals surface area contributed by atoms with Crippen molar-refractivity contribution in [3.63, 3.8) is 0 Å². The van der Waals surface area contributed by atoms with Gasteiger partial charge in [0.05, 0.1) is 18.4 Å². The van der Waals surface area contributed by atoms with Gasteiger partial charge in [-0.05, 0) is 29.8 Å². The number of aromatic nitrogens is 3. The van der Waals surface area contributed by atoms with Gasteiger partial charge in [0.15, 0.2) is 0 Å². The number of nitrogens with zero attached hydrogens (tertiary/aromatic N) is 3. The van der Waals surface area contributed by atoms with E-state index < -0.39 is 0 Å². The summed E-state index contributed by atoms with van der Waals surface area (Å²) < 4.78 is 7.53. The standard InChI is InChI=1S/C22H18N4O2/c27-21(20-12-7-13-23-22(20)28-19-10-5-2-6-11-19)25-18-14-24-26(16-18)15-17-8-3-1-4-9-17/h1-14,16H,15H2,(H,25,27). The molecule has 0 bridgehead atoms. The number of carbonyl (C=O) groups is 1. The summed E-state index contributed by atoms with van der Waals surface area (Å²) in [6.45, 7) is 0.631. The van der Waals surface area contributed by atoms with E-state index in [9.17, 15) is 4.79 Å². The fraction of sp³-hybridized carbons (Fsp3) is 0.0455. The second kappa shape index (κ2) is 8.18. The molecule has 0 radical (unpaired) electrons. The molecule has 2 heterocycles. The van der Waals surface area contributed by atoms with E-state index in [0.29, 0.717) is 23.5 Å². The molecule has 1 N–H and O–H groups in total. The maximum Gasteiger partial charge on any atom is 0.261 e. The third-order valence-electron chi connectivity index (χ3n) is 4.05. The highest BCUT2D eigenvalue weighted by molar-refractivity contribution is 6.05. The summed E-state index contributed by atoms with van der Waals surface area (Å²) >= 11 is 0. The molecule has 2 aromatic heterocycles. The second-order valence-corrected chi connectivity index (χ2v) is 6.14. The number of carbonyl (C=O) groups excluding carboxylic acids is 1. The van der Waals surface area contributed by atoms with Crippen molar-refractivity contribution in [2.75, 3.05) is 5.32 Å². The Hall–Kier alpha value is -3.93. The van der Waals surface area contributed by atoms with Crippen molar-refractivity contribution in [3.05, 3.63) is 103 Å². The molecule has 0 unspecified atom stereocenters. The molecule has 0 atom stereocenters. The number of hydrogen-bond acceptors (Lipinski definition) is 4. The van der Waals surface area contributed by atoms with Crippen molar-refractivity contribution < 1.29 is 9.53 Å². The minimum absolute atomic E-state index is 0.253. The number of hydrogen-bond donors (Lipinski definition) is 1. The molecule has 0 aliphatic heterocycles. The number of nitrogens with one attached hydrogen (secondary N) is 1. The first-order valence-corrected chi connectivity index (χ1v) is 8.83. The van der Waals surface area contributed by atoms with E-state index in [1.807, 2.05) is 60.7 Å². The summed E-state index contributed by atoms with van der Waals surface area (Å²) in [4.78, 5) is 16.9. The molecule has 2 aromatic carbocycles. The summed E-state index contributed by atoms with van der Waals surface area (Å²) in [5.74, 6) is 0.562. The fourth-order valence-corrected chi connectivity index (χ4v) is 2.73. The lowest BCUT2D eigenvalue weighted by Crippen LogP contribution is -2.13. The van der Waals surface area contributed by atoms with E-state index in [1.54, 1.807) is 35.4 Å². The normalized spacial score (nSPS) is 10.4. The molecular formula is C22H18N4O2. The van der Waals surface area contributed by atoms with Gasteiger partial charge in [0.25, 0.3) is 5.91 Å². The van der Waals surface area contributed by atoms with Crippen LogP contribution in [0.2, 0.25) is 0 Å². The Balaban J connectivity index is 1.47. The van der Waals surface area contributed by atoms with Crippen LogP contribution in [0.1, 0.15) is 15.9 Å². The Morgan fingerprint density at radius 1 is 0.964 bits per heavy atom. The maximum absolute atomic E-state index is 12.7. The van der Waals surface area contributed by atoms with Crippen molar-refractivity contribution in [1.82, 2.24) is 14.8 Å². The summed E-state index contributed by atoms with van der Waals surface area (Å²) in [6, 6.07) is 22.6. The van der Waals surface area contributed by atoms with Gasteiger partial charge in [-0.3, -0.25) is 9.48 Å². The minimum atomic E-state index is -0.307. The molecule has 0 fully saturated rings. The minimum Gasteiger partial charge on any atom is -0.438 e. The topological polar surface area (TPSA) is 69.0 Å². The quantitative estimate of drug-likeness (QED) is 0.547. The second-order valence-electron chi connectivity index (χ2n) is 6.14. The highest BCUT2D eigenvalue weighted by atomic mass is 16.5. The largest absolute Gasteiger partial charge is 0.438 e. The van der Waals surface area contributed by atoms with Crippen LogP contribution >= 0.6 is 0 Å².